The zero-order valence-corrected chi connectivity index (χ0v) is 20.4. The van der Waals surface area contributed by atoms with E-state index in [9.17, 15) is 19.2 Å². The molecule has 9 nitrogen and oxygen atoms in total. The van der Waals surface area contributed by atoms with Crippen molar-refractivity contribution < 1.29 is 23.9 Å². The van der Waals surface area contributed by atoms with Gasteiger partial charge < -0.3 is 20.3 Å². The summed E-state index contributed by atoms with van der Waals surface area (Å²) in [6, 6.07) is 6.26. The van der Waals surface area contributed by atoms with Crippen LogP contribution in [-0.4, -0.2) is 64.7 Å². The molecule has 1 aromatic rings. The Morgan fingerprint density at radius 3 is 2.58 bits per heavy atom. The smallest absolute Gasteiger partial charge is 0.338 e. The van der Waals surface area contributed by atoms with Crippen LogP contribution in [0.15, 0.2) is 29.3 Å². The van der Waals surface area contributed by atoms with Crippen molar-refractivity contribution in [3.05, 3.63) is 29.8 Å². The summed E-state index contributed by atoms with van der Waals surface area (Å²) in [4.78, 5) is 54.9. The Balaban J connectivity index is 1.86. The van der Waals surface area contributed by atoms with Crippen LogP contribution in [-0.2, 0) is 19.1 Å². The normalized spacial score (nSPS) is 16.1. The van der Waals surface area contributed by atoms with E-state index in [1.807, 2.05) is 32.6 Å². The fraction of sp³-hybridized carbons (Fsp3) is 0.522. The lowest BCUT2D eigenvalue weighted by Crippen LogP contribution is -2.35. The van der Waals surface area contributed by atoms with Gasteiger partial charge in [0.25, 0.3) is 11.8 Å². The Kier molecular flexibility index (Phi) is 10.4. The molecule has 0 bridgehead atoms. The van der Waals surface area contributed by atoms with Gasteiger partial charge in [-0.05, 0) is 45.4 Å². The molecule has 2 N–H and O–H groups in total. The van der Waals surface area contributed by atoms with Gasteiger partial charge in [0.05, 0.1) is 5.56 Å². The summed E-state index contributed by atoms with van der Waals surface area (Å²) in [5.74, 6) is -1.70. The van der Waals surface area contributed by atoms with Crippen LogP contribution in [0.3, 0.4) is 0 Å². The molecule has 0 fully saturated rings. The first-order valence-electron chi connectivity index (χ1n) is 11.2. The van der Waals surface area contributed by atoms with Crippen molar-refractivity contribution in [1.82, 2.24) is 10.2 Å². The summed E-state index contributed by atoms with van der Waals surface area (Å²) in [6.07, 6.45) is 1.76. The van der Waals surface area contributed by atoms with Crippen molar-refractivity contribution in [3.63, 3.8) is 0 Å². The van der Waals surface area contributed by atoms with Crippen molar-refractivity contribution in [1.29, 1.82) is 0 Å². The molecule has 1 aliphatic rings. The molecule has 33 heavy (non-hydrogen) atoms. The van der Waals surface area contributed by atoms with Crippen molar-refractivity contribution >= 4 is 46.3 Å². The number of ether oxygens (including phenoxy) is 1. The van der Waals surface area contributed by atoms with E-state index in [0.717, 1.165) is 25.9 Å². The highest BCUT2D eigenvalue weighted by Crippen LogP contribution is 2.27. The quantitative estimate of drug-likeness (QED) is 0.472. The third-order valence-electron chi connectivity index (χ3n) is 4.98. The van der Waals surface area contributed by atoms with Gasteiger partial charge in [-0.25, -0.2) is 4.79 Å². The summed E-state index contributed by atoms with van der Waals surface area (Å²) in [6.45, 7) is 8.97. The Labute approximate surface area is 198 Å². The number of carbonyl (C=O) groups is 4. The SMILES string of the molecule is CCCC(C)NC(=O)COC(=O)c1cccc(NC(=O)CC2SC(N(CC)CC)=NC2=O)c1. The molecule has 10 heteroatoms. The van der Waals surface area contributed by atoms with Gasteiger partial charge in [-0.3, -0.25) is 14.4 Å². The van der Waals surface area contributed by atoms with Crippen molar-refractivity contribution in [3.8, 4) is 0 Å². The number of hydrogen-bond acceptors (Lipinski definition) is 7. The maximum atomic E-state index is 12.5. The number of amides is 3. The highest BCUT2D eigenvalue weighted by atomic mass is 32.2. The standard InChI is InChI=1S/C23H32N4O5S/c1-5-9-15(4)24-20(29)14-32-22(31)16-10-8-11-17(12-16)25-19(28)13-18-21(30)26-23(33-18)27(6-2)7-3/h8,10-12,15,18H,5-7,9,13-14H2,1-4H3,(H,24,29)(H,25,28). The van der Waals surface area contributed by atoms with Gasteiger partial charge in [0.2, 0.25) is 5.91 Å². The number of aliphatic imine (C=N–C) groups is 1. The largest absolute Gasteiger partial charge is 0.452 e. The molecule has 0 saturated carbocycles. The minimum absolute atomic E-state index is 0.0122. The molecule has 0 aromatic heterocycles. The summed E-state index contributed by atoms with van der Waals surface area (Å²) >= 11 is 1.29. The minimum Gasteiger partial charge on any atom is -0.452 e. The van der Waals surface area contributed by atoms with Crippen LogP contribution < -0.4 is 10.6 Å². The molecule has 2 atom stereocenters. The van der Waals surface area contributed by atoms with Crippen LogP contribution in [0.1, 0.15) is 57.3 Å². The molecule has 0 aliphatic carbocycles. The number of hydrogen-bond donors (Lipinski definition) is 2. The van der Waals surface area contributed by atoms with Gasteiger partial charge in [0, 0.05) is 31.2 Å². The van der Waals surface area contributed by atoms with Crippen LogP contribution >= 0.6 is 11.8 Å². The van der Waals surface area contributed by atoms with Gasteiger partial charge in [-0.1, -0.05) is 31.2 Å². The molecule has 2 rings (SSSR count). The zero-order valence-electron chi connectivity index (χ0n) is 19.6. The average Bonchev–Trinajstić information content (AvgIpc) is 3.12. The number of benzene rings is 1. The molecular weight excluding hydrogens is 444 g/mol. The fourth-order valence-electron chi connectivity index (χ4n) is 3.28. The van der Waals surface area contributed by atoms with Crippen LogP contribution in [0.2, 0.25) is 0 Å². The number of amidine groups is 1. The van der Waals surface area contributed by atoms with E-state index in [-0.39, 0.29) is 42.4 Å². The zero-order chi connectivity index (χ0) is 24.4. The Hall–Kier alpha value is -2.88. The predicted octanol–water partition coefficient (Wildman–Crippen LogP) is 2.82. The average molecular weight is 477 g/mol. The van der Waals surface area contributed by atoms with Crippen molar-refractivity contribution in [2.45, 2.75) is 58.2 Å². The maximum Gasteiger partial charge on any atom is 0.338 e. The number of rotatable bonds is 11. The highest BCUT2D eigenvalue weighted by molar-refractivity contribution is 8.15. The number of nitrogens with one attached hydrogen (secondary N) is 2. The van der Waals surface area contributed by atoms with Gasteiger partial charge >= 0.3 is 5.97 Å². The highest BCUT2D eigenvalue weighted by Gasteiger charge is 2.32. The second-order valence-corrected chi connectivity index (χ2v) is 8.85. The first-order valence-corrected chi connectivity index (χ1v) is 12.1. The second kappa shape index (κ2) is 13.0. The van der Waals surface area contributed by atoms with E-state index in [0.29, 0.717) is 10.9 Å². The summed E-state index contributed by atoms with van der Waals surface area (Å²) < 4.78 is 5.07. The molecular formula is C23H32N4O5S. The number of esters is 1. The van der Waals surface area contributed by atoms with Gasteiger partial charge in [0.1, 0.15) is 5.25 Å². The van der Waals surface area contributed by atoms with E-state index in [2.05, 4.69) is 15.6 Å². The lowest BCUT2D eigenvalue weighted by molar-refractivity contribution is -0.124. The van der Waals surface area contributed by atoms with E-state index < -0.39 is 11.2 Å². The topological polar surface area (TPSA) is 117 Å². The first-order chi connectivity index (χ1) is 15.8. The third kappa shape index (κ3) is 8.20. The summed E-state index contributed by atoms with van der Waals surface area (Å²) in [5.41, 5.74) is 0.608. The predicted molar refractivity (Wildman–Crippen MR) is 129 cm³/mol. The van der Waals surface area contributed by atoms with Crippen molar-refractivity contribution in [2.24, 2.45) is 4.99 Å². The number of nitrogens with zero attached hydrogens (tertiary/aromatic N) is 2. The molecule has 180 valence electrons. The van der Waals surface area contributed by atoms with Gasteiger partial charge in [0.15, 0.2) is 11.8 Å². The Morgan fingerprint density at radius 2 is 1.91 bits per heavy atom. The molecule has 0 radical (unpaired) electrons. The van der Waals surface area contributed by atoms with Gasteiger partial charge in [-0.15, -0.1) is 0 Å². The number of anilines is 1. The molecule has 0 saturated heterocycles. The van der Waals surface area contributed by atoms with E-state index in [4.69, 9.17) is 4.74 Å². The maximum absolute atomic E-state index is 12.5. The lowest BCUT2D eigenvalue weighted by atomic mass is 10.2. The Bertz CT molecular complexity index is 901. The van der Waals surface area contributed by atoms with Crippen LogP contribution in [0.25, 0.3) is 0 Å². The second-order valence-electron chi connectivity index (χ2n) is 7.68. The van der Waals surface area contributed by atoms with E-state index >= 15 is 0 Å². The molecule has 0 spiro atoms. The Morgan fingerprint density at radius 1 is 1.18 bits per heavy atom. The third-order valence-corrected chi connectivity index (χ3v) is 6.19. The molecule has 1 aromatic carbocycles. The van der Waals surface area contributed by atoms with Crippen molar-refractivity contribution in [2.75, 3.05) is 25.0 Å². The van der Waals surface area contributed by atoms with E-state index in [1.54, 1.807) is 12.1 Å². The minimum atomic E-state index is -0.664. The van der Waals surface area contributed by atoms with E-state index in [1.165, 1.54) is 23.9 Å². The van der Waals surface area contributed by atoms with Crippen LogP contribution in [0, 0.1) is 0 Å². The van der Waals surface area contributed by atoms with Crippen LogP contribution in [0.5, 0.6) is 0 Å². The molecule has 1 heterocycles. The number of thioether (sulfide) groups is 1. The molecule has 2 unspecified atom stereocenters. The first kappa shape index (κ1) is 26.4. The lowest BCUT2D eigenvalue weighted by Gasteiger charge is -2.19. The molecule has 3 amide bonds. The molecule has 1 aliphatic heterocycles. The fourth-order valence-corrected chi connectivity index (χ4v) is 4.47. The van der Waals surface area contributed by atoms with Crippen LogP contribution in [0.4, 0.5) is 5.69 Å². The summed E-state index contributed by atoms with van der Waals surface area (Å²) in [5, 5.41) is 5.54. The monoisotopic (exact) mass is 476 g/mol. The number of carbonyl (C=O) groups excluding carboxylic acids is 4. The summed E-state index contributed by atoms with van der Waals surface area (Å²) in [7, 11) is 0. The van der Waals surface area contributed by atoms with Gasteiger partial charge in [-0.2, -0.15) is 4.99 Å².